The van der Waals surface area contributed by atoms with Crippen LogP contribution in [-0.2, 0) is 19.7 Å². The maximum atomic E-state index is 12.7. The summed E-state index contributed by atoms with van der Waals surface area (Å²) in [5.74, 6) is 0.0711. The first kappa shape index (κ1) is 18.9. The molecule has 0 aliphatic carbocycles. The molecule has 0 saturated carbocycles. The highest BCUT2D eigenvalue weighted by Gasteiger charge is 2.33. The van der Waals surface area contributed by atoms with Gasteiger partial charge in [0.05, 0.1) is 12.0 Å². The van der Waals surface area contributed by atoms with E-state index in [4.69, 9.17) is 4.84 Å². The molecule has 1 heterocycles. The molecule has 134 valence electrons. The van der Waals surface area contributed by atoms with E-state index in [1.165, 1.54) is 16.5 Å². The molecule has 0 N–H and O–H groups in total. The van der Waals surface area contributed by atoms with Crippen LogP contribution in [0.4, 0.5) is 0 Å². The molecule has 0 bridgehead atoms. The van der Waals surface area contributed by atoms with Gasteiger partial charge in [-0.2, -0.15) is 4.31 Å². The number of hydrogen-bond donors (Lipinski definition) is 0. The lowest BCUT2D eigenvalue weighted by Gasteiger charge is -2.31. The van der Waals surface area contributed by atoms with Gasteiger partial charge in [0.25, 0.3) is 0 Å². The number of nitrogens with zero attached hydrogens (tertiary/aromatic N) is 2. The molecular weight excluding hydrogens is 328 g/mol. The van der Waals surface area contributed by atoms with Crippen LogP contribution in [0.25, 0.3) is 0 Å². The van der Waals surface area contributed by atoms with E-state index in [1.807, 2.05) is 12.1 Å². The summed E-state index contributed by atoms with van der Waals surface area (Å²) in [6.07, 6.45) is 1.02. The van der Waals surface area contributed by atoms with Gasteiger partial charge in [0, 0.05) is 26.1 Å². The largest absolute Gasteiger partial charge is 0.275 e. The Bertz CT molecular complexity index is 662. The zero-order valence-corrected chi connectivity index (χ0v) is 15.5. The van der Waals surface area contributed by atoms with E-state index in [9.17, 15) is 13.2 Å². The van der Waals surface area contributed by atoms with Crippen molar-refractivity contribution in [1.82, 2.24) is 9.37 Å². The van der Waals surface area contributed by atoms with E-state index in [2.05, 4.69) is 13.8 Å². The number of piperidine rings is 1. The standard InChI is InChI=1S/C17H26N2O4S/c1-13(2)14-5-7-16(8-6-14)24(21,22)19-11-9-15(10-12-19)17(20)18(3)23-4/h5-8,13,15H,9-12H2,1-4H3. The van der Waals surface area contributed by atoms with Gasteiger partial charge >= 0.3 is 0 Å². The van der Waals surface area contributed by atoms with Gasteiger partial charge < -0.3 is 0 Å². The molecule has 6 nitrogen and oxygen atoms in total. The summed E-state index contributed by atoms with van der Waals surface area (Å²) < 4.78 is 26.9. The molecule has 1 aliphatic rings. The first-order chi connectivity index (χ1) is 11.3. The molecule has 7 heteroatoms. The molecular formula is C17H26N2O4S. The van der Waals surface area contributed by atoms with E-state index >= 15 is 0 Å². The van der Waals surface area contributed by atoms with Crippen molar-refractivity contribution in [2.75, 3.05) is 27.2 Å². The first-order valence-electron chi connectivity index (χ1n) is 8.19. The Balaban J connectivity index is 2.06. The number of carbonyl (C=O) groups is 1. The van der Waals surface area contributed by atoms with Crippen molar-refractivity contribution in [3.05, 3.63) is 29.8 Å². The second-order valence-electron chi connectivity index (χ2n) is 6.42. The molecule has 1 aromatic carbocycles. The van der Waals surface area contributed by atoms with E-state index in [-0.39, 0.29) is 11.8 Å². The zero-order chi connectivity index (χ0) is 17.9. The number of benzene rings is 1. The van der Waals surface area contributed by atoms with Gasteiger partial charge in [0.1, 0.15) is 0 Å². The van der Waals surface area contributed by atoms with E-state index in [0.29, 0.717) is 36.7 Å². The number of rotatable bonds is 5. The van der Waals surface area contributed by atoms with Crippen LogP contribution in [0.5, 0.6) is 0 Å². The highest BCUT2D eigenvalue weighted by Crippen LogP contribution is 2.26. The minimum Gasteiger partial charge on any atom is -0.275 e. The molecule has 24 heavy (non-hydrogen) atoms. The molecule has 1 saturated heterocycles. The van der Waals surface area contributed by atoms with Crippen LogP contribution in [0.2, 0.25) is 0 Å². The van der Waals surface area contributed by atoms with Crippen molar-refractivity contribution in [1.29, 1.82) is 0 Å². The average Bonchev–Trinajstić information content (AvgIpc) is 2.60. The van der Waals surface area contributed by atoms with Gasteiger partial charge in [0.2, 0.25) is 15.9 Å². The lowest BCUT2D eigenvalue weighted by molar-refractivity contribution is -0.174. The number of hydroxylamine groups is 2. The molecule has 1 aliphatic heterocycles. The van der Waals surface area contributed by atoms with E-state index in [0.717, 1.165) is 5.56 Å². The van der Waals surface area contributed by atoms with Gasteiger partial charge in [-0.05, 0) is 36.5 Å². The number of carbonyl (C=O) groups excluding carboxylic acids is 1. The van der Waals surface area contributed by atoms with Crippen molar-refractivity contribution in [2.45, 2.75) is 37.5 Å². The fourth-order valence-electron chi connectivity index (χ4n) is 2.86. The minimum atomic E-state index is -3.50. The molecule has 0 atom stereocenters. The minimum absolute atomic E-state index is 0.101. The van der Waals surface area contributed by atoms with Crippen molar-refractivity contribution in [3.8, 4) is 0 Å². The Labute approximate surface area is 144 Å². The summed E-state index contributed by atoms with van der Waals surface area (Å²) in [6.45, 7) is 4.84. The van der Waals surface area contributed by atoms with Gasteiger partial charge in [-0.15, -0.1) is 0 Å². The monoisotopic (exact) mass is 354 g/mol. The smallest absolute Gasteiger partial charge is 0.249 e. The predicted octanol–water partition coefficient (Wildman–Crippen LogP) is 2.23. The molecule has 1 aromatic rings. The zero-order valence-electron chi connectivity index (χ0n) is 14.7. The van der Waals surface area contributed by atoms with Gasteiger partial charge in [-0.1, -0.05) is 26.0 Å². The third kappa shape index (κ3) is 3.96. The Morgan fingerprint density at radius 3 is 2.21 bits per heavy atom. The molecule has 2 rings (SSSR count). The van der Waals surface area contributed by atoms with E-state index in [1.54, 1.807) is 19.2 Å². The Hall–Kier alpha value is -1.44. The first-order valence-corrected chi connectivity index (χ1v) is 9.63. The normalized spacial score (nSPS) is 17.2. The van der Waals surface area contributed by atoms with E-state index < -0.39 is 10.0 Å². The Kier molecular flexibility index (Phi) is 6.01. The van der Waals surface area contributed by atoms with Crippen molar-refractivity contribution >= 4 is 15.9 Å². The summed E-state index contributed by atoms with van der Waals surface area (Å²) in [7, 11) is -0.488. The van der Waals surface area contributed by atoms with Crippen LogP contribution in [0.15, 0.2) is 29.2 Å². The summed E-state index contributed by atoms with van der Waals surface area (Å²) >= 11 is 0. The van der Waals surface area contributed by atoms with Crippen LogP contribution in [-0.4, -0.2) is 50.9 Å². The quantitative estimate of drug-likeness (QED) is 0.761. The maximum Gasteiger partial charge on any atom is 0.249 e. The molecule has 0 unspecified atom stereocenters. The summed E-state index contributed by atoms with van der Waals surface area (Å²) in [6, 6.07) is 7.06. The maximum absolute atomic E-state index is 12.7. The third-order valence-electron chi connectivity index (χ3n) is 4.57. The Morgan fingerprint density at radius 2 is 1.75 bits per heavy atom. The second kappa shape index (κ2) is 7.63. The van der Waals surface area contributed by atoms with Crippen LogP contribution in [0.1, 0.15) is 38.2 Å². The predicted molar refractivity (Wildman–Crippen MR) is 91.8 cm³/mol. The van der Waals surface area contributed by atoms with Crippen LogP contribution < -0.4 is 0 Å². The molecule has 1 amide bonds. The molecule has 1 fully saturated rings. The van der Waals surface area contributed by atoms with Crippen LogP contribution in [0.3, 0.4) is 0 Å². The van der Waals surface area contributed by atoms with Crippen molar-refractivity contribution in [3.63, 3.8) is 0 Å². The van der Waals surface area contributed by atoms with Gasteiger partial charge in [-0.25, -0.2) is 13.5 Å². The fraction of sp³-hybridized carbons (Fsp3) is 0.588. The van der Waals surface area contributed by atoms with Crippen LogP contribution >= 0.6 is 0 Å². The highest BCUT2D eigenvalue weighted by molar-refractivity contribution is 7.89. The van der Waals surface area contributed by atoms with Crippen molar-refractivity contribution in [2.24, 2.45) is 5.92 Å². The third-order valence-corrected chi connectivity index (χ3v) is 6.48. The number of amides is 1. The summed E-state index contributed by atoms with van der Waals surface area (Å²) in [4.78, 5) is 17.3. The van der Waals surface area contributed by atoms with Crippen LogP contribution in [0, 0.1) is 5.92 Å². The number of sulfonamides is 1. The SMILES string of the molecule is CON(C)C(=O)C1CCN(S(=O)(=O)c2ccc(C(C)C)cc2)CC1. The lowest BCUT2D eigenvalue weighted by atomic mass is 9.97. The summed E-state index contributed by atoms with van der Waals surface area (Å²) in [5, 5.41) is 1.21. The highest BCUT2D eigenvalue weighted by atomic mass is 32.2. The molecule has 0 aromatic heterocycles. The average molecular weight is 354 g/mol. The second-order valence-corrected chi connectivity index (χ2v) is 8.36. The molecule has 0 spiro atoms. The van der Waals surface area contributed by atoms with Gasteiger partial charge in [-0.3, -0.25) is 9.63 Å². The molecule has 0 radical (unpaired) electrons. The fourth-order valence-corrected chi connectivity index (χ4v) is 4.33. The lowest BCUT2D eigenvalue weighted by Crippen LogP contribution is -2.43. The topological polar surface area (TPSA) is 66.9 Å². The summed E-state index contributed by atoms with van der Waals surface area (Å²) in [5.41, 5.74) is 1.11. The van der Waals surface area contributed by atoms with Crippen molar-refractivity contribution < 1.29 is 18.0 Å². The number of hydrogen-bond acceptors (Lipinski definition) is 4. The van der Waals surface area contributed by atoms with Gasteiger partial charge in [0.15, 0.2) is 0 Å². The Morgan fingerprint density at radius 1 is 1.21 bits per heavy atom.